The van der Waals surface area contributed by atoms with Gasteiger partial charge in [0, 0.05) is 0 Å². The van der Waals surface area contributed by atoms with Crippen LogP contribution in [0.1, 0.15) is 53.9 Å². The first-order chi connectivity index (χ1) is 11.5. The molecule has 4 rings (SSSR count). The van der Waals surface area contributed by atoms with Crippen LogP contribution >= 0.6 is 0 Å². The molecule has 2 aromatic carbocycles. The van der Waals surface area contributed by atoms with Gasteiger partial charge in [0.05, 0.1) is 8.07 Å². The summed E-state index contributed by atoms with van der Waals surface area (Å²) in [6, 6.07) is 18.7. The highest BCUT2D eigenvalue weighted by Crippen LogP contribution is 2.55. The summed E-state index contributed by atoms with van der Waals surface area (Å²) in [6.07, 6.45) is 8.03. The second kappa shape index (κ2) is 5.88. The van der Waals surface area contributed by atoms with E-state index in [1.807, 2.05) is 0 Å². The van der Waals surface area contributed by atoms with Crippen LogP contribution < -0.4 is 0 Å². The van der Waals surface area contributed by atoms with Crippen molar-refractivity contribution in [3.63, 3.8) is 0 Å². The summed E-state index contributed by atoms with van der Waals surface area (Å²) in [4.78, 5) is 0. The average molecular weight is 335 g/mol. The molecule has 0 nitrogen and oxygen atoms in total. The molecule has 0 saturated carbocycles. The van der Waals surface area contributed by atoms with Crippen LogP contribution in [0.4, 0.5) is 0 Å². The van der Waals surface area contributed by atoms with Gasteiger partial charge in [0.1, 0.15) is 0 Å². The summed E-state index contributed by atoms with van der Waals surface area (Å²) in [5, 5.41) is 0.401. The molecule has 0 heterocycles. The molecule has 24 heavy (non-hydrogen) atoms. The van der Waals surface area contributed by atoms with Crippen LogP contribution in [-0.2, 0) is 17.9 Å². The van der Waals surface area contributed by atoms with Gasteiger partial charge in [0.2, 0.25) is 0 Å². The standard InChI is InChI=1S/C23H30Si/c1-24(2,3)23(17-9-13-19-11-5-7-15-21(19)23)22-16-8-12-18-10-4-6-14-20(18)22/h4-7,10-11,14-15,22H,8-9,12-13,16-17H2,1-3H3. The van der Waals surface area contributed by atoms with E-state index in [0.717, 1.165) is 5.92 Å². The van der Waals surface area contributed by atoms with E-state index in [0.29, 0.717) is 5.04 Å². The van der Waals surface area contributed by atoms with Gasteiger partial charge >= 0.3 is 0 Å². The molecule has 0 fully saturated rings. The lowest BCUT2D eigenvalue weighted by Crippen LogP contribution is -2.55. The molecule has 0 bridgehead atoms. The summed E-state index contributed by atoms with van der Waals surface area (Å²) in [7, 11) is -1.41. The quantitative estimate of drug-likeness (QED) is 0.569. The van der Waals surface area contributed by atoms with Gasteiger partial charge in [-0.3, -0.25) is 0 Å². The van der Waals surface area contributed by atoms with Gasteiger partial charge in [-0.1, -0.05) is 68.2 Å². The first-order valence-corrected chi connectivity index (χ1v) is 13.2. The Kier molecular flexibility index (Phi) is 3.95. The topological polar surface area (TPSA) is 0 Å². The molecule has 2 atom stereocenters. The summed E-state index contributed by atoms with van der Waals surface area (Å²) in [5.41, 5.74) is 6.63. The third-order valence-electron chi connectivity index (χ3n) is 6.82. The molecule has 0 saturated heterocycles. The van der Waals surface area contributed by atoms with Crippen molar-refractivity contribution < 1.29 is 0 Å². The van der Waals surface area contributed by atoms with Crippen molar-refractivity contribution in [2.75, 3.05) is 0 Å². The summed E-state index contributed by atoms with van der Waals surface area (Å²) in [5.74, 6) is 0.718. The summed E-state index contributed by atoms with van der Waals surface area (Å²) < 4.78 is 0. The number of rotatable bonds is 2. The number of hydrogen-bond donors (Lipinski definition) is 0. The minimum Gasteiger partial charge on any atom is -0.0688 e. The largest absolute Gasteiger partial charge is 0.0688 e. The third-order valence-corrected chi connectivity index (χ3v) is 10.4. The van der Waals surface area contributed by atoms with Crippen molar-refractivity contribution in [1.29, 1.82) is 0 Å². The van der Waals surface area contributed by atoms with Crippen LogP contribution in [0.25, 0.3) is 0 Å². The highest BCUT2D eigenvalue weighted by molar-refractivity contribution is 6.79. The first-order valence-electron chi connectivity index (χ1n) is 9.70. The summed E-state index contributed by atoms with van der Waals surface area (Å²) in [6.45, 7) is 7.85. The molecule has 2 unspecified atom stereocenters. The van der Waals surface area contributed by atoms with E-state index in [1.54, 1.807) is 22.3 Å². The van der Waals surface area contributed by atoms with E-state index in [1.165, 1.54) is 38.5 Å². The maximum atomic E-state index is 2.62. The maximum absolute atomic E-state index is 2.62. The van der Waals surface area contributed by atoms with Crippen molar-refractivity contribution in [2.24, 2.45) is 0 Å². The minimum atomic E-state index is -1.41. The molecule has 1 heteroatoms. The van der Waals surface area contributed by atoms with Gasteiger partial charge in [0.25, 0.3) is 0 Å². The molecule has 0 aliphatic heterocycles. The lowest BCUT2D eigenvalue weighted by atomic mass is 9.67. The fourth-order valence-corrected chi connectivity index (χ4v) is 9.12. The first kappa shape index (κ1) is 16.1. The van der Waals surface area contributed by atoms with Crippen LogP contribution in [0.15, 0.2) is 48.5 Å². The second-order valence-electron chi connectivity index (χ2n) is 8.88. The SMILES string of the molecule is C[Si](C)(C)C1(C2CCCc3ccccc32)CCCc2ccccc21. The van der Waals surface area contributed by atoms with E-state index in [9.17, 15) is 0 Å². The Morgan fingerprint density at radius 1 is 0.833 bits per heavy atom. The molecular weight excluding hydrogens is 304 g/mol. The molecule has 2 aliphatic carbocycles. The zero-order valence-corrected chi connectivity index (χ0v) is 16.4. The highest BCUT2D eigenvalue weighted by atomic mass is 28.3. The molecule has 0 radical (unpaired) electrons. The van der Waals surface area contributed by atoms with Crippen molar-refractivity contribution >= 4 is 8.07 Å². The van der Waals surface area contributed by atoms with Crippen molar-refractivity contribution in [3.05, 3.63) is 70.8 Å². The van der Waals surface area contributed by atoms with Crippen LogP contribution in [0.3, 0.4) is 0 Å². The van der Waals surface area contributed by atoms with Crippen molar-refractivity contribution in [2.45, 2.75) is 69.1 Å². The van der Waals surface area contributed by atoms with Crippen LogP contribution in [0.5, 0.6) is 0 Å². The number of aryl methyl sites for hydroxylation is 2. The average Bonchev–Trinajstić information content (AvgIpc) is 2.60. The Hall–Kier alpha value is -1.34. The van der Waals surface area contributed by atoms with Crippen molar-refractivity contribution in [1.82, 2.24) is 0 Å². The van der Waals surface area contributed by atoms with Crippen LogP contribution in [0.2, 0.25) is 19.6 Å². The number of fused-ring (bicyclic) bond motifs is 2. The normalized spacial score (nSPS) is 26.5. The van der Waals surface area contributed by atoms with Crippen molar-refractivity contribution in [3.8, 4) is 0 Å². The Morgan fingerprint density at radius 2 is 1.50 bits per heavy atom. The molecule has 0 spiro atoms. The fourth-order valence-electron chi connectivity index (χ4n) is 5.80. The van der Waals surface area contributed by atoms with E-state index in [-0.39, 0.29) is 0 Å². The van der Waals surface area contributed by atoms with Gasteiger partial charge in [-0.25, -0.2) is 0 Å². The molecule has 2 aliphatic rings. The maximum Gasteiger partial charge on any atom is 0.0565 e. The number of benzene rings is 2. The van der Waals surface area contributed by atoms with E-state index >= 15 is 0 Å². The fraction of sp³-hybridized carbons (Fsp3) is 0.478. The van der Waals surface area contributed by atoms with Gasteiger partial charge in [-0.15, -0.1) is 0 Å². The molecular formula is C23H30Si. The van der Waals surface area contributed by atoms with E-state index < -0.39 is 8.07 Å². The summed E-state index contributed by atoms with van der Waals surface area (Å²) >= 11 is 0. The lowest BCUT2D eigenvalue weighted by molar-refractivity contribution is 0.357. The van der Waals surface area contributed by atoms with Gasteiger partial charge in [-0.2, -0.15) is 0 Å². The Morgan fingerprint density at radius 3 is 2.29 bits per heavy atom. The second-order valence-corrected chi connectivity index (χ2v) is 14.3. The van der Waals surface area contributed by atoms with Gasteiger partial charge < -0.3 is 0 Å². The predicted octanol–water partition coefficient (Wildman–Crippen LogP) is 6.26. The molecule has 126 valence electrons. The predicted molar refractivity (Wildman–Crippen MR) is 107 cm³/mol. The Labute approximate surface area is 148 Å². The molecule has 0 aromatic heterocycles. The molecule has 2 aromatic rings. The zero-order chi connectivity index (χ0) is 16.8. The molecule has 0 N–H and O–H groups in total. The lowest BCUT2D eigenvalue weighted by Gasteiger charge is -2.54. The van der Waals surface area contributed by atoms with Gasteiger partial charge in [-0.05, 0) is 71.7 Å². The highest BCUT2D eigenvalue weighted by Gasteiger charge is 2.52. The minimum absolute atomic E-state index is 0.401. The molecule has 0 amide bonds. The monoisotopic (exact) mass is 334 g/mol. The Balaban J connectivity index is 1.96. The van der Waals surface area contributed by atoms with Gasteiger partial charge in [0.15, 0.2) is 0 Å². The Bertz CT molecular complexity index is 740. The van der Waals surface area contributed by atoms with E-state index in [2.05, 4.69) is 68.2 Å². The number of hydrogen-bond acceptors (Lipinski definition) is 0. The third kappa shape index (κ3) is 2.32. The van der Waals surface area contributed by atoms with Crippen LogP contribution in [-0.4, -0.2) is 8.07 Å². The van der Waals surface area contributed by atoms with E-state index in [4.69, 9.17) is 0 Å². The zero-order valence-electron chi connectivity index (χ0n) is 15.4. The van der Waals surface area contributed by atoms with Crippen LogP contribution in [0, 0.1) is 0 Å². The smallest absolute Gasteiger partial charge is 0.0565 e.